The van der Waals surface area contributed by atoms with Crippen molar-refractivity contribution in [1.82, 2.24) is 5.16 Å². The van der Waals surface area contributed by atoms with Gasteiger partial charge in [0.25, 0.3) is 0 Å². The topological polar surface area (TPSA) is 90.4 Å². The maximum atomic E-state index is 11.2. The molecular weight excluding hydrogens is 262 g/mol. The molecule has 0 atom stereocenters. The highest BCUT2D eigenvalue weighted by Crippen LogP contribution is 2.35. The molecule has 0 amide bonds. The molecule has 2 rings (SSSR count). The molecule has 0 bridgehead atoms. The van der Waals surface area contributed by atoms with Crippen LogP contribution in [0.3, 0.4) is 0 Å². The summed E-state index contributed by atoms with van der Waals surface area (Å²) in [4.78, 5) is 10.8. The molecule has 0 aliphatic heterocycles. The highest BCUT2D eigenvalue weighted by atomic mass is 16.6. The van der Waals surface area contributed by atoms with Crippen LogP contribution in [0, 0.1) is 10.1 Å². The Balaban J connectivity index is 2.20. The van der Waals surface area contributed by atoms with Gasteiger partial charge in [0.15, 0.2) is 5.75 Å². The normalized spacial score (nSPS) is 10.2. The Morgan fingerprint density at radius 3 is 2.95 bits per heavy atom. The first-order chi connectivity index (χ1) is 9.72. The van der Waals surface area contributed by atoms with E-state index >= 15 is 0 Å². The van der Waals surface area contributed by atoms with Crippen molar-refractivity contribution < 1.29 is 14.2 Å². The highest BCUT2D eigenvalue weighted by Gasteiger charge is 2.20. The molecule has 1 aromatic heterocycles. The standard InChI is InChI=1S/C13H15N3O4/c1-2-7-19-12-5-3-4-11(13(12)16(17)18)14-9-10-6-8-20-15-10/h3-6,8,14H,2,7,9H2,1H3. The molecule has 1 heterocycles. The lowest BCUT2D eigenvalue weighted by molar-refractivity contribution is -0.385. The first-order valence-electron chi connectivity index (χ1n) is 6.25. The van der Waals surface area contributed by atoms with Gasteiger partial charge in [-0.1, -0.05) is 18.1 Å². The molecule has 2 aromatic rings. The van der Waals surface area contributed by atoms with Crippen LogP contribution in [0.25, 0.3) is 0 Å². The van der Waals surface area contributed by atoms with Crippen molar-refractivity contribution in [2.24, 2.45) is 0 Å². The Labute approximate surface area is 115 Å². The van der Waals surface area contributed by atoms with Gasteiger partial charge in [0, 0.05) is 6.07 Å². The molecule has 20 heavy (non-hydrogen) atoms. The Morgan fingerprint density at radius 1 is 1.45 bits per heavy atom. The number of nitrogens with one attached hydrogen (secondary N) is 1. The number of benzene rings is 1. The minimum atomic E-state index is -0.448. The summed E-state index contributed by atoms with van der Waals surface area (Å²) in [6, 6.07) is 6.63. The molecule has 1 aromatic carbocycles. The molecule has 1 N–H and O–H groups in total. The summed E-state index contributed by atoms with van der Waals surface area (Å²) in [7, 11) is 0. The van der Waals surface area contributed by atoms with Crippen molar-refractivity contribution >= 4 is 11.4 Å². The maximum absolute atomic E-state index is 11.2. The van der Waals surface area contributed by atoms with Gasteiger partial charge >= 0.3 is 5.69 Å². The average Bonchev–Trinajstić information content (AvgIpc) is 2.95. The SMILES string of the molecule is CCCOc1cccc(NCc2ccon2)c1[N+](=O)[O-]. The van der Waals surface area contributed by atoms with Gasteiger partial charge in [0.2, 0.25) is 0 Å². The Morgan fingerprint density at radius 2 is 2.30 bits per heavy atom. The molecule has 0 spiro atoms. The summed E-state index contributed by atoms with van der Waals surface area (Å²) in [6.07, 6.45) is 2.24. The second-order valence-electron chi connectivity index (χ2n) is 4.10. The van der Waals surface area contributed by atoms with Gasteiger partial charge in [-0.2, -0.15) is 0 Å². The second-order valence-corrected chi connectivity index (χ2v) is 4.10. The van der Waals surface area contributed by atoms with Gasteiger partial charge in [-0.25, -0.2) is 0 Å². The van der Waals surface area contributed by atoms with Gasteiger partial charge in [-0.05, 0) is 18.6 Å². The molecule has 0 saturated carbocycles. The van der Waals surface area contributed by atoms with Crippen molar-refractivity contribution in [3.05, 3.63) is 46.3 Å². The molecule has 0 fully saturated rings. The maximum Gasteiger partial charge on any atom is 0.333 e. The van der Waals surface area contributed by atoms with Crippen LogP contribution >= 0.6 is 0 Å². The fraction of sp³-hybridized carbons (Fsp3) is 0.308. The Kier molecular flexibility index (Phi) is 4.54. The number of nitro groups is 1. The molecule has 0 radical (unpaired) electrons. The lowest BCUT2D eigenvalue weighted by Gasteiger charge is -2.10. The third-order valence-corrected chi connectivity index (χ3v) is 2.59. The highest BCUT2D eigenvalue weighted by molar-refractivity contribution is 5.68. The van der Waals surface area contributed by atoms with Gasteiger partial charge in [0.1, 0.15) is 17.6 Å². The van der Waals surface area contributed by atoms with E-state index in [1.807, 2.05) is 6.92 Å². The zero-order valence-corrected chi connectivity index (χ0v) is 11.0. The summed E-state index contributed by atoms with van der Waals surface area (Å²) in [5, 5.41) is 17.9. The Hall–Kier alpha value is -2.57. The van der Waals surface area contributed by atoms with E-state index in [4.69, 9.17) is 9.26 Å². The predicted molar refractivity (Wildman–Crippen MR) is 72.7 cm³/mol. The molecule has 0 unspecified atom stereocenters. The summed E-state index contributed by atoms with van der Waals surface area (Å²) < 4.78 is 10.1. The number of anilines is 1. The third-order valence-electron chi connectivity index (χ3n) is 2.59. The van der Waals surface area contributed by atoms with Crippen LogP contribution in [-0.4, -0.2) is 16.7 Å². The van der Waals surface area contributed by atoms with E-state index in [1.54, 1.807) is 24.3 Å². The number of hydrogen-bond donors (Lipinski definition) is 1. The smallest absolute Gasteiger partial charge is 0.333 e. The number of para-hydroxylation sites is 1. The van der Waals surface area contributed by atoms with Crippen LogP contribution < -0.4 is 10.1 Å². The largest absolute Gasteiger partial charge is 0.487 e. The number of rotatable bonds is 7. The van der Waals surface area contributed by atoms with E-state index in [0.717, 1.165) is 6.42 Å². The van der Waals surface area contributed by atoms with Crippen LogP contribution in [0.2, 0.25) is 0 Å². The summed E-state index contributed by atoms with van der Waals surface area (Å²) in [6.45, 7) is 2.72. The lowest BCUT2D eigenvalue weighted by atomic mass is 10.2. The number of aromatic nitrogens is 1. The number of nitrogens with zero attached hydrogens (tertiary/aromatic N) is 2. The number of hydrogen-bond acceptors (Lipinski definition) is 6. The van der Waals surface area contributed by atoms with Crippen LogP contribution in [0.5, 0.6) is 5.75 Å². The second kappa shape index (κ2) is 6.55. The molecule has 0 aliphatic carbocycles. The zero-order valence-electron chi connectivity index (χ0n) is 11.0. The Bertz CT molecular complexity index is 569. The van der Waals surface area contributed by atoms with E-state index in [2.05, 4.69) is 10.5 Å². The average molecular weight is 277 g/mol. The predicted octanol–water partition coefficient (Wildman–Crippen LogP) is 2.98. The molecule has 7 heteroatoms. The summed E-state index contributed by atoms with van der Waals surface area (Å²) >= 11 is 0. The lowest BCUT2D eigenvalue weighted by Crippen LogP contribution is -2.05. The van der Waals surface area contributed by atoms with Gasteiger partial charge < -0.3 is 14.6 Å². The molecule has 106 valence electrons. The van der Waals surface area contributed by atoms with Crippen molar-refractivity contribution in [2.75, 3.05) is 11.9 Å². The van der Waals surface area contributed by atoms with Gasteiger partial charge in [-0.15, -0.1) is 0 Å². The molecular formula is C13H15N3O4. The van der Waals surface area contributed by atoms with Crippen LogP contribution in [0.15, 0.2) is 35.1 Å². The fourth-order valence-corrected chi connectivity index (χ4v) is 1.70. The molecule has 7 nitrogen and oxygen atoms in total. The van der Waals surface area contributed by atoms with E-state index < -0.39 is 4.92 Å². The monoisotopic (exact) mass is 277 g/mol. The van der Waals surface area contributed by atoms with Crippen LogP contribution in [0.1, 0.15) is 19.0 Å². The van der Waals surface area contributed by atoms with Crippen molar-refractivity contribution in [3.8, 4) is 5.75 Å². The van der Waals surface area contributed by atoms with Crippen LogP contribution in [0.4, 0.5) is 11.4 Å². The van der Waals surface area contributed by atoms with E-state index in [-0.39, 0.29) is 11.4 Å². The quantitative estimate of drug-likeness (QED) is 0.618. The number of ether oxygens (including phenoxy) is 1. The minimum Gasteiger partial charge on any atom is -0.487 e. The first-order valence-corrected chi connectivity index (χ1v) is 6.25. The zero-order chi connectivity index (χ0) is 14.4. The summed E-state index contributed by atoms with van der Waals surface area (Å²) in [5.41, 5.74) is 0.996. The number of nitro benzene ring substituents is 1. The summed E-state index contributed by atoms with van der Waals surface area (Å²) in [5.74, 6) is 0.266. The van der Waals surface area contributed by atoms with Crippen molar-refractivity contribution in [2.45, 2.75) is 19.9 Å². The minimum absolute atomic E-state index is 0.0653. The van der Waals surface area contributed by atoms with Crippen LogP contribution in [-0.2, 0) is 6.54 Å². The van der Waals surface area contributed by atoms with Gasteiger partial charge in [0.05, 0.1) is 18.1 Å². The van der Waals surface area contributed by atoms with E-state index in [9.17, 15) is 10.1 Å². The van der Waals surface area contributed by atoms with Gasteiger partial charge in [-0.3, -0.25) is 10.1 Å². The molecule has 0 saturated heterocycles. The first kappa shape index (κ1) is 13.9. The fourth-order valence-electron chi connectivity index (χ4n) is 1.70. The molecule has 0 aliphatic rings. The van der Waals surface area contributed by atoms with Crippen molar-refractivity contribution in [1.29, 1.82) is 0 Å². The third kappa shape index (κ3) is 3.25. The van der Waals surface area contributed by atoms with E-state index in [1.165, 1.54) is 6.26 Å². The van der Waals surface area contributed by atoms with E-state index in [0.29, 0.717) is 24.5 Å². The van der Waals surface area contributed by atoms with Crippen molar-refractivity contribution in [3.63, 3.8) is 0 Å².